The second kappa shape index (κ2) is 7.02. The van der Waals surface area contributed by atoms with Crippen molar-refractivity contribution in [1.29, 1.82) is 0 Å². The minimum absolute atomic E-state index is 0.191. The van der Waals surface area contributed by atoms with Gasteiger partial charge in [0, 0.05) is 23.5 Å². The maximum Gasteiger partial charge on any atom is 0.305 e. The summed E-state index contributed by atoms with van der Waals surface area (Å²) in [6, 6.07) is 3.74. The van der Waals surface area contributed by atoms with Crippen molar-refractivity contribution in [2.24, 2.45) is 0 Å². The van der Waals surface area contributed by atoms with Crippen LogP contribution in [0.3, 0.4) is 0 Å². The Hall–Kier alpha value is -1.34. The Balaban J connectivity index is 2.32. The molecule has 3 nitrogen and oxygen atoms in total. The lowest BCUT2D eigenvalue weighted by molar-refractivity contribution is -0.140. The summed E-state index contributed by atoms with van der Waals surface area (Å²) in [6.07, 6.45) is 3.51. The van der Waals surface area contributed by atoms with Crippen LogP contribution < -0.4 is 0 Å². The van der Waals surface area contributed by atoms with E-state index in [1.807, 2.05) is 12.1 Å². The number of unbranched alkanes of at least 4 members (excludes halogenated alkanes) is 1. The number of hydrogen-bond donors (Lipinski definition) is 0. The van der Waals surface area contributed by atoms with Crippen LogP contribution in [0.5, 0.6) is 0 Å². The number of rotatable bonds is 3. The molecule has 0 fully saturated rings. The maximum atomic E-state index is 10.8. The largest absolute Gasteiger partial charge is 0.469 e. The van der Waals surface area contributed by atoms with E-state index in [9.17, 15) is 4.79 Å². The van der Waals surface area contributed by atoms with Crippen molar-refractivity contribution in [2.75, 3.05) is 7.11 Å². The Labute approximate surface area is 103 Å². The van der Waals surface area contributed by atoms with Crippen molar-refractivity contribution in [2.45, 2.75) is 19.3 Å². The van der Waals surface area contributed by atoms with Gasteiger partial charge >= 0.3 is 5.97 Å². The second-order valence-corrected chi connectivity index (χ2v) is 4.01. The molecule has 0 unspecified atom stereocenters. The van der Waals surface area contributed by atoms with Crippen LogP contribution in [0.15, 0.2) is 22.8 Å². The number of aromatic nitrogens is 1. The third-order valence-electron chi connectivity index (χ3n) is 1.85. The molecule has 1 heterocycles. The Morgan fingerprint density at radius 2 is 2.38 bits per heavy atom. The summed E-state index contributed by atoms with van der Waals surface area (Å²) in [5.74, 6) is 5.70. The molecule has 1 rings (SSSR count). The SMILES string of the molecule is COC(=O)CCCC#Cc1ccc(Br)cn1. The van der Waals surface area contributed by atoms with E-state index >= 15 is 0 Å². The molecular formula is C12H12BrNO2. The standard InChI is InChI=1S/C12H12BrNO2/c1-16-12(15)6-4-2-3-5-11-8-7-10(13)9-14-11/h7-9H,2,4,6H2,1H3. The number of methoxy groups -OCH3 is 1. The predicted octanol–water partition coefficient (Wildman–Crippen LogP) is 2.54. The van der Waals surface area contributed by atoms with Gasteiger partial charge in [0.1, 0.15) is 5.69 Å². The summed E-state index contributed by atoms with van der Waals surface area (Å²) >= 11 is 3.30. The molecule has 16 heavy (non-hydrogen) atoms. The highest BCUT2D eigenvalue weighted by Crippen LogP contribution is 2.06. The van der Waals surface area contributed by atoms with Crippen molar-refractivity contribution in [1.82, 2.24) is 4.98 Å². The van der Waals surface area contributed by atoms with Crippen LogP contribution in [-0.2, 0) is 9.53 Å². The maximum absolute atomic E-state index is 10.8. The van der Waals surface area contributed by atoms with Crippen molar-refractivity contribution in [3.8, 4) is 11.8 Å². The number of hydrogen-bond acceptors (Lipinski definition) is 3. The van der Waals surface area contributed by atoms with Crippen LogP contribution in [0.25, 0.3) is 0 Å². The van der Waals surface area contributed by atoms with Gasteiger partial charge in [-0.1, -0.05) is 5.92 Å². The first kappa shape index (κ1) is 12.7. The van der Waals surface area contributed by atoms with Crippen LogP contribution in [0.4, 0.5) is 0 Å². The second-order valence-electron chi connectivity index (χ2n) is 3.09. The number of halogens is 1. The Morgan fingerprint density at radius 3 is 3.00 bits per heavy atom. The van der Waals surface area contributed by atoms with E-state index in [1.165, 1.54) is 7.11 Å². The summed E-state index contributed by atoms with van der Waals surface area (Å²) in [7, 11) is 1.39. The molecule has 0 N–H and O–H groups in total. The zero-order valence-corrected chi connectivity index (χ0v) is 10.6. The molecule has 0 aliphatic heterocycles. The van der Waals surface area contributed by atoms with Crippen molar-refractivity contribution >= 4 is 21.9 Å². The summed E-state index contributed by atoms with van der Waals surface area (Å²) in [4.78, 5) is 14.9. The molecule has 0 bridgehead atoms. The van der Waals surface area contributed by atoms with Gasteiger partial charge in [-0.05, 0) is 40.4 Å². The van der Waals surface area contributed by atoms with Gasteiger partial charge in [0.05, 0.1) is 7.11 Å². The van der Waals surface area contributed by atoms with Gasteiger partial charge in [0.2, 0.25) is 0 Å². The zero-order valence-electron chi connectivity index (χ0n) is 9.00. The Morgan fingerprint density at radius 1 is 1.56 bits per heavy atom. The van der Waals surface area contributed by atoms with E-state index in [4.69, 9.17) is 0 Å². The van der Waals surface area contributed by atoms with Gasteiger partial charge in [-0.2, -0.15) is 0 Å². The fraction of sp³-hybridized carbons (Fsp3) is 0.333. The number of carbonyl (C=O) groups excluding carboxylic acids is 1. The van der Waals surface area contributed by atoms with Crippen LogP contribution in [-0.4, -0.2) is 18.1 Å². The highest BCUT2D eigenvalue weighted by molar-refractivity contribution is 9.10. The normalized spacial score (nSPS) is 9.12. The molecule has 1 aromatic heterocycles. The van der Waals surface area contributed by atoms with E-state index in [-0.39, 0.29) is 5.97 Å². The Bertz CT molecular complexity index is 403. The third-order valence-corrected chi connectivity index (χ3v) is 2.32. The van der Waals surface area contributed by atoms with Gasteiger partial charge < -0.3 is 4.74 Å². The molecule has 0 aromatic carbocycles. The van der Waals surface area contributed by atoms with Gasteiger partial charge in [-0.25, -0.2) is 4.98 Å². The van der Waals surface area contributed by atoms with Gasteiger partial charge in [0.25, 0.3) is 0 Å². The first-order valence-corrected chi connectivity index (χ1v) is 5.69. The quantitative estimate of drug-likeness (QED) is 0.486. The fourth-order valence-electron chi connectivity index (χ4n) is 1.03. The van der Waals surface area contributed by atoms with Crippen LogP contribution in [0.2, 0.25) is 0 Å². The van der Waals surface area contributed by atoms with E-state index in [0.29, 0.717) is 12.8 Å². The minimum atomic E-state index is -0.191. The first-order chi connectivity index (χ1) is 7.72. The number of pyridine rings is 1. The molecule has 0 spiro atoms. The van der Waals surface area contributed by atoms with Crippen molar-refractivity contribution < 1.29 is 9.53 Å². The molecule has 0 aliphatic rings. The van der Waals surface area contributed by atoms with Crippen LogP contribution in [0.1, 0.15) is 25.0 Å². The summed E-state index contributed by atoms with van der Waals surface area (Å²) in [5, 5.41) is 0. The predicted molar refractivity (Wildman–Crippen MR) is 64.7 cm³/mol. The number of carbonyl (C=O) groups is 1. The average Bonchev–Trinajstić information content (AvgIpc) is 2.31. The fourth-order valence-corrected chi connectivity index (χ4v) is 1.26. The molecule has 0 saturated heterocycles. The van der Waals surface area contributed by atoms with Gasteiger partial charge in [0.15, 0.2) is 0 Å². The van der Waals surface area contributed by atoms with Crippen molar-refractivity contribution in [3.05, 3.63) is 28.5 Å². The number of esters is 1. The Kier molecular flexibility index (Phi) is 5.58. The van der Waals surface area contributed by atoms with Crippen LogP contribution in [0, 0.1) is 11.8 Å². The molecular weight excluding hydrogens is 270 g/mol. The van der Waals surface area contributed by atoms with Crippen LogP contribution >= 0.6 is 15.9 Å². The first-order valence-electron chi connectivity index (χ1n) is 4.89. The lowest BCUT2D eigenvalue weighted by Gasteiger charge is -1.94. The summed E-state index contributed by atoms with van der Waals surface area (Å²) in [6.45, 7) is 0. The van der Waals surface area contributed by atoms with Gasteiger partial charge in [-0.15, -0.1) is 0 Å². The van der Waals surface area contributed by atoms with E-state index in [1.54, 1.807) is 6.20 Å². The van der Waals surface area contributed by atoms with E-state index in [2.05, 4.69) is 37.5 Å². The molecule has 0 saturated carbocycles. The molecule has 4 heteroatoms. The molecule has 0 amide bonds. The molecule has 0 radical (unpaired) electrons. The molecule has 0 atom stereocenters. The lowest BCUT2D eigenvalue weighted by atomic mass is 10.2. The summed E-state index contributed by atoms with van der Waals surface area (Å²) in [5.41, 5.74) is 0.737. The monoisotopic (exact) mass is 281 g/mol. The number of nitrogens with zero attached hydrogens (tertiary/aromatic N) is 1. The minimum Gasteiger partial charge on any atom is -0.469 e. The smallest absolute Gasteiger partial charge is 0.305 e. The zero-order chi connectivity index (χ0) is 11.8. The van der Waals surface area contributed by atoms with Gasteiger partial charge in [-0.3, -0.25) is 4.79 Å². The lowest BCUT2D eigenvalue weighted by Crippen LogP contribution is -1.98. The molecule has 0 aliphatic carbocycles. The third kappa shape index (κ3) is 4.94. The molecule has 1 aromatic rings. The van der Waals surface area contributed by atoms with E-state index < -0.39 is 0 Å². The highest BCUT2D eigenvalue weighted by atomic mass is 79.9. The van der Waals surface area contributed by atoms with E-state index in [0.717, 1.165) is 16.6 Å². The summed E-state index contributed by atoms with van der Waals surface area (Å²) < 4.78 is 5.46. The van der Waals surface area contributed by atoms with Crippen molar-refractivity contribution in [3.63, 3.8) is 0 Å². The highest BCUT2D eigenvalue weighted by Gasteiger charge is 1.96. The molecule has 84 valence electrons. The average molecular weight is 282 g/mol. The topological polar surface area (TPSA) is 39.2 Å². The number of ether oxygens (including phenoxy) is 1.